The van der Waals surface area contributed by atoms with E-state index in [0.717, 1.165) is 6.42 Å². The largest absolute Gasteiger partial charge is 0.0622 e. The van der Waals surface area contributed by atoms with E-state index >= 15 is 0 Å². The first-order valence-electron chi connectivity index (χ1n) is 8.18. The number of benzene rings is 3. The maximum absolute atomic E-state index is 2.35. The van der Waals surface area contributed by atoms with E-state index in [4.69, 9.17) is 0 Å². The highest BCUT2D eigenvalue weighted by atomic mass is 14.3. The molecule has 23 heavy (non-hydrogen) atoms. The molecule has 1 aliphatic rings. The molecule has 0 aliphatic heterocycles. The molecule has 4 rings (SSSR count). The second-order valence-corrected chi connectivity index (χ2v) is 6.38. The summed E-state index contributed by atoms with van der Waals surface area (Å²) >= 11 is 0. The van der Waals surface area contributed by atoms with Gasteiger partial charge in [0.1, 0.15) is 0 Å². The van der Waals surface area contributed by atoms with Crippen molar-refractivity contribution in [3.05, 3.63) is 106 Å². The predicted molar refractivity (Wildman–Crippen MR) is 98.4 cm³/mol. The summed E-state index contributed by atoms with van der Waals surface area (Å²) < 4.78 is 0. The summed E-state index contributed by atoms with van der Waals surface area (Å²) in [7, 11) is 0. The van der Waals surface area contributed by atoms with Crippen LogP contribution in [0.25, 0.3) is 11.1 Å². The molecule has 112 valence electrons. The van der Waals surface area contributed by atoms with Gasteiger partial charge in [-0.2, -0.15) is 0 Å². The second kappa shape index (κ2) is 5.55. The van der Waals surface area contributed by atoms with Gasteiger partial charge in [0.15, 0.2) is 0 Å². The van der Waals surface area contributed by atoms with Crippen molar-refractivity contribution >= 4 is 11.1 Å². The summed E-state index contributed by atoms with van der Waals surface area (Å²) in [5, 5.41) is 0. The summed E-state index contributed by atoms with van der Waals surface area (Å²) in [6.45, 7) is 4.43. The molecule has 0 unspecified atom stereocenters. The van der Waals surface area contributed by atoms with E-state index in [-0.39, 0.29) is 0 Å². The van der Waals surface area contributed by atoms with E-state index in [1.165, 1.54) is 44.5 Å². The van der Waals surface area contributed by atoms with Gasteiger partial charge >= 0.3 is 0 Å². The van der Waals surface area contributed by atoms with Gasteiger partial charge in [-0.1, -0.05) is 78.4 Å². The third-order valence-electron chi connectivity index (χ3n) is 4.67. The molecule has 0 saturated carbocycles. The predicted octanol–water partition coefficient (Wildman–Crippen LogP) is 5.82. The molecule has 3 aromatic rings. The Balaban J connectivity index is 2.01. The summed E-state index contributed by atoms with van der Waals surface area (Å²) in [6, 6.07) is 26.3. The molecular weight excluding hydrogens is 276 g/mol. The molecule has 0 spiro atoms. The highest BCUT2D eigenvalue weighted by molar-refractivity contribution is 6.04. The molecule has 0 bridgehead atoms. The molecule has 0 saturated heterocycles. The van der Waals surface area contributed by atoms with Crippen LogP contribution >= 0.6 is 0 Å². The van der Waals surface area contributed by atoms with Crippen molar-refractivity contribution < 1.29 is 0 Å². The third-order valence-corrected chi connectivity index (χ3v) is 4.67. The monoisotopic (exact) mass is 296 g/mol. The molecule has 0 amide bonds. The third kappa shape index (κ3) is 2.41. The minimum Gasteiger partial charge on any atom is -0.0622 e. The SMILES string of the molecule is Cc1cc(C)c2c(c1)CC(c1ccccc1)=C2c1ccccc1. The maximum Gasteiger partial charge on any atom is -0.000708 e. The van der Waals surface area contributed by atoms with Crippen molar-refractivity contribution in [1.82, 2.24) is 0 Å². The zero-order valence-corrected chi connectivity index (χ0v) is 13.6. The summed E-state index contributed by atoms with van der Waals surface area (Å²) in [6.07, 6.45) is 1.02. The Morgan fingerprint density at radius 2 is 1.30 bits per heavy atom. The van der Waals surface area contributed by atoms with Crippen LogP contribution in [0.3, 0.4) is 0 Å². The van der Waals surface area contributed by atoms with Crippen LogP contribution < -0.4 is 0 Å². The quantitative estimate of drug-likeness (QED) is 0.559. The fraction of sp³-hybridized carbons (Fsp3) is 0.130. The van der Waals surface area contributed by atoms with Crippen molar-refractivity contribution in [2.45, 2.75) is 20.3 Å². The average molecular weight is 296 g/mol. The van der Waals surface area contributed by atoms with E-state index in [1.54, 1.807) is 0 Å². The number of rotatable bonds is 2. The lowest BCUT2D eigenvalue weighted by atomic mass is 9.92. The Labute approximate surface area is 138 Å². The van der Waals surface area contributed by atoms with Gasteiger partial charge in [-0.3, -0.25) is 0 Å². The van der Waals surface area contributed by atoms with E-state index in [1.807, 2.05) is 0 Å². The molecule has 0 heteroatoms. The van der Waals surface area contributed by atoms with Crippen LogP contribution in [0.2, 0.25) is 0 Å². The summed E-state index contributed by atoms with van der Waals surface area (Å²) in [4.78, 5) is 0. The Morgan fingerprint density at radius 1 is 0.696 bits per heavy atom. The molecule has 0 radical (unpaired) electrons. The minimum atomic E-state index is 1.02. The molecule has 0 heterocycles. The average Bonchev–Trinajstić information content (AvgIpc) is 2.96. The van der Waals surface area contributed by atoms with Gasteiger partial charge < -0.3 is 0 Å². The Morgan fingerprint density at radius 3 is 1.96 bits per heavy atom. The van der Waals surface area contributed by atoms with Crippen LogP contribution in [0.5, 0.6) is 0 Å². The molecule has 0 fully saturated rings. The fourth-order valence-electron chi connectivity index (χ4n) is 3.79. The van der Waals surface area contributed by atoms with Gasteiger partial charge in [0, 0.05) is 0 Å². The van der Waals surface area contributed by atoms with E-state index in [9.17, 15) is 0 Å². The van der Waals surface area contributed by atoms with Crippen LogP contribution in [0.4, 0.5) is 0 Å². The standard InChI is InChI=1S/C23H20/c1-16-13-17(2)22-20(14-16)15-21(18-9-5-3-6-10-18)23(22)19-11-7-4-8-12-19/h3-14H,15H2,1-2H3. The van der Waals surface area contributed by atoms with Crippen LogP contribution in [0.1, 0.15) is 33.4 Å². The normalized spacial score (nSPS) is 13.3. The Bertz CT molecular complexity index is 884. The number of allylic oxidation sites excluding steroid dienone is 1. The zero-order chi connectivity index (χ0) is 15.8. The second-order valence-electron chi connectivity index (χ2n) is 6.38. The molecule has 1 aliphatic carbocycles. The molecule has 0 nitrogen and oxygen atoms in total. The van der Waals surface area contributed by atoms with Crippen molar-refractivity contribution in [2.75, 3.05) is 0 Å². The summed E-state index contributed by atoms with van der Waals surface area (Å²) in [5.74, 6) is 0. The molecule has 0 aromatic heterocycles. The van der Waals surface area contributed by atoms with Crippen LogP contribution in [0.15, 0.2) is 72.8 Å². The van der Waals surface area contributed by atoms with Crippen molar-refractivity contribution in [3.63, 3.8) is 0 Å². The summed E-state index contributed by atoms with van der Waals surface area (Å²) in [5.41, 5.74) is 11.1. The van der Waals surface area contributed by atoms with Crippen molar-refractivity contribution in [2.24, 2.45) is 0 Å². The first-order valence-corrected chi connectivity index (χ1v) is 8.18. The fourth-order valence-corrected chi connectivity index (χ4v) is 3.79. The van der Waals surface area contributed by atoms with Gasteiger partial charge in [0.05, 0.1) is 0 Å². The number of aryl methyl sites for hydroxylation is 2. The smallest absolute Gasteiger partial charge is 0.000708 e. The lowest BCUT2D eigenvalue weighted by Gasteiger charge is -2.12. The van der Waals surface area contributed by atoms with Gasteiger partial charge in [-0.15, -0.1) is 0 Å². The lowest BCUT2D eigenvalue weighted by Crippen LogP contribution is -1.93. The number of hydrogen-bond donors (Lipinski definition) is 0. The van der Waals surface area contributed by atoms with Gasteiger partial charge in [-0.25, -0.2) is 0 Å². The van der Waals surface area contributed by atoms with Gasteiger partial charge in [0.25, 0.3) is 0 Å². The molecular formula is C23H20. The maximum atomic E-state index is 2.35. The minimum absolute atomic E-state index is 1.02. The first-order chi connectivity index (χ1) is 11.2. The Hall–Kier alpha value is -2.60. The Kier molecular flexibility index (Phi) is 3.38. The van der Waals surface area contributed by atoms with Crippen molar-refractivity contribution in [1.29, 1.82) is 0 Å². The van der Waals surface area contributed by atoms with Crippen molar-refractivity contribution in [3.8, 4) is 0 Å². The number of fused-ring (bicyclic) bond motifs is 1. The first kappa shape index (κ1) is 14.0. The topological polar surface area (TPSA) is 0 Å². The lowest BCUT2D eigenvalue weighted by molar-refractivity contribution is 1.25. The molecule has 3 aromatic carbocycles. The van der Waals surface area contributed by atoms with Crippen LogP contribution in [-0.4, -0.2) is 0 Å². The molecule has 0 N–H and O–H groups in total. The number of hydrogen-bond acceptors (Lipinski definition) is 0. The highest BCUT2D eigenvalue weighted by Crippen LogP contribution is 2.43. The van der Waals surface area contributed by atoms with E-state index in [0.29, 0.717) is 0 Å². The van der Waals surface area contributed by atoms with Gasteiger partial charge in [-0.05, 0) is 59.2 Å². The highest BCUT2D eigenvalue weighted by Gasteiger charge is 2.25. The molecule has 0 atom stereocenters. The van der Waals surface area contributed by atoms with E-state index < -0.39 is 0 Å². The van der Waals surface area contributed by atoms with Crippen LogP contribution in [-0.2, 0) is 6.42 Å². The zero-order valence-electron chi connectivity index (χ0n) is 13.6. The van der Waals surface area contributed by atoms with Gasteiger partial charge in [0.2, 0.25) is 0 Å². The van der Waals surface area contributed by atoms with E-state index in [2.05, 4.69) is 86.6 Å². The van der Waals surface area contributed by atoms with Crippen LogP contribution in [0, 0.1) is 13.8 Å².